The van der Waals surface area contributed by atoms with Gasteiger partial charge < -0.3 is 14.2 Å². The minimum atomic E-state index is -0.910. The molecule has 2 rings (SSSR count). The van der Waals surface area contributed by atoms with Crippen LogP contribution in [0.15, 0.2) is 30.3 Å². The van der Waals surface area contributed by atoms with Gasteiger partial charge in [-0.05, 0) is 19.4 Å². The second-order valence-electron chi connectivity index (χ2n) is 5.23. The number of hydrogen-bond donors (Lipinski definition) is 0. The molecule has 1 heterocycles. The van der Waals surface area contributed by atoms with Gasteiger partial charge in [-0.1, -0.05) is 30.3 Å². The second-order valence-corrected chi connectivity index (χ2v) is 5.23. The van der Waals surface area contributed by atoms with Crippen molar-refractivity contribution in [1.29, 1.82) is 0 Å². The van der Waals surface area contributed by atoms with Gasteiger partial charge in [0.2, 0.25) is 0 Å². The number of rotatable bonds is 3. The lowest BCUT2D eigenvalue weighted by atomic mass is 10.2. The van der Waals surface area contributed by atoms with Crippen LogP contribution in [0.4, 0.5) is 4.79 Å². The first-order valence-corrected chi connectivity index (χ1v) is 6.68. The molecule has 6 nitrogen and oxygen atoms in total. The van der Waals surface area contributed by atoms with Crippen LogP contribution in [0.3, 0.4) is 0 Å². The van der Waals surface area contributed by atoms with Crippen molar-refractivity contribution < 1.29 is 23.8 Å². The first kappa shape index (κ1) is 15.3. The number of ether oxygens (including phenoxy) is 3. The lowest BCUT2D eigenvalue weighted by Crippen LogP contribution is -2.43. The highest BCUT2D eigenvalue weighted by Crippen LogP contribution is 2.28. The average molecular weight is 293 g/mol. The predicted octanol–water partition coefficient (Wildman–Crippen LogP) is 1.93. The molecule has 0 saturated carbocycles. The van der Waals surface area contributed by atoms with Crippen molar-refractivity contribution in [3.63, 3.8) is 0 Å². The van der Waals surface area contributed by atoms with Gasteiger partial charge in [0.1, 0.15) is 12.3 Å². The maximum absolute atomic E-state index is 12.2. The Morgan fingerprint density at radius 1 is 1.33 bits per heavy atom. The number of hydrogen-bond acceptors (Lipinski definition) is 5. The molecular formula is C15H19NO5. The third-order valence-corrected chi connectivity index (χ3v) is 3.32. The van der Waals surface area contributed by atoms with Gasteiger partial charge in [-0.2, -0.15) is 0 Å². The first-order valence-electron chi connectivity index (χ1n) is 6.68. The van der Waals surface area contributed by atoms with Crippen molar-refractivity contribution in [1.82, 2.24) is 4.90 Å². The summed E-state index contributed by atoms with van der Waals surface area (Å²) in [5.74, 6) is -0.499. The van der Waals surface area contributed by atoms with E-state index in [-0.39, 0.29) is 13.2 Å². The van der Waals surface area contributed by atoms with E-state index in [1.165, 1.54) is 12.0 Å². The molecule has 1 aromatic carbocycles. The molecule has 1 aromatic rings. The Kier molecular flexibility index (Phi) is 4.47. The molecule has 1 fully saturated rings. The fourth-order valence-corrected chi connectivity index (χ4v) is 2.18. The van der Waals surface area contributed by atoms with Crippen LogP contribution in [-0.2, 0) is 25.6 Å². The van der Waals surface area contributed by atoms with Crippen LogP contribution in [0.5, 0.6) is 0 Å². The van der Waals surface area contributed by atoms with E-state index >= 15 is 0 Å². The van der Waals surface area contributed by atoms with Crippen LogP contribution in [0.2, 0.25) is 0 Å². The lowest BCUT2D eigenvalue weighted by molar-refractivity contribution is -0.157. The van der Waals surface area contributed by atoms with Gasteiger partial charge in [-0.15, -0.1) is 0 Å². The standard InChI is InChI=1S/C15H19NO5/c1-15(2)16(9-12(21-15)13(17)19-3)14(18)20-10-11-7-5-4-6-8-11/h4-8,12H,9-10H2,1-3H3/t12-/m1/s1. The molecule has 114 valence electrons. The Morgan fingerprint density at radius 3 is 2.62 bits per heavy atom. The van der Waals surface area contributed by atoms with Crippen molar-refractivity contribution in [2.45, 2.75) is 32.3 Å². The summed E-state index contributed by atoms with van der Waals surface area (Å²) >= 11 is 0. The molecule has 0 spiro atoms. The largest absolute Gasteiger partial charge is 0.467 e. The van der Waals surface area contributed by atoms with E-state index in [9.17, 15) is 9.59 Å². The van der Waals surface area contributed by atoms with E-state index in [1.807, 2.05) is 30.3 Å². The zero-order valence-corrected chi connectivity index (χ0v) is 12.4. The van der Waals surface area contributed by atoms with Gasteiger partial charge in [-0.25, -0.2) is 9.59 Å². The van der Waals surface area contributed by atoms with E-state index in [0.717, 1.165) is 5.56 Å². The van der Waals surface area contributed by atoms with Crippen molar-refractivity contribution >= 4 is 12.1 Å². The Labute approximate surface area is 123 Å². The fourth-order valence-electron chi connectivity index (χ4n) is 2.18. The van der Waals surface area contributed by atoms with Crippen molar-refractivity contribution in [2.24, 2.45) is 0 Å². The summed E-state index contributed by atoms with van der Waals surface area (Å²) in [6.07, 6.45) is -1.30. The molecule has 0 N–H and O–H groups in total. The number of carbonyl (C=O) groups excluding carboxylic acids is 2. The molecule has 0 bridgehead atoms. The number of amides is 1. The predicted molar refractivity (Wildman–Crippen MR) is 74.3 cm³/mol. The maximum Gasteiger partial charge on any atom is 0.412 e. The summed E-state index contributed by atoms with van der Waals surface area (Å²) in [6, 6.07) is 9.38. The van der Waals surface area contributed by atoms with Crippen LogP contribution < -0.4 is 0 Å². The number of nitrogens with zero attached hydrogens (tertiary/aromatic N) is 1. The Bertz CT molecular complexity index is 514. The van der Waals surface area contributed by atoms with Crippen LogP contribution in [0.1, 0.15) is 19.4 Å². The molecular weight excluding hydrogens is 274 g/mol. The minimum Gasteiger partial charge on any atom is -0.467 e. The number of esters is 1. The first-order chi connectivity index (χ1) is 9.94. The van der Waals surface area contributed by atoms with Crippen molar-refractivity contribution in [3.05, 3.63) is 35.9 Å². The summed E-state index contributed by atoms with van der Waals surface area (Å²) in [7, 11) is 1.29. The van der Waals surface area contributed by atoms with E-state index in [1.54, 1.807) is 13.8 Å². The smallest absolute Gasteiger partial charge is 0.412 e. The Hall–Kier alpha value is -2.08. The van der Waals surface area contributed by atoms with Gasteiger partial charge >= 0.3 is 12.1 Å². The molecule has 0 unspecified atom stereocenters. The summed E-state index contributed by atoms with van der Waals surface area (Å²) in [6.45, 7) is 3.71. The van der Waals surface area contributed by atoms with E-state index in [2.05, 4.69) is 4.74 Å². The average Bonchev–Trinajstić information content (AvgIpc) is 2.80. The molecule has 0 aliphatic carbocycles. The number of benzene rings is 1. The third kappa shape index (κ3) is 3.52. The molecule has 0 aromatic heterocycles. The van der Waals surface area contributed by atoms with E-state index < -0.39 is 23.9 Å². The van der Waals surface area contributed by atoms with Crippen molar-refractivity contribution in [3.8, 4) is 0 Å². The quantitative estimate of drug-likeness (QED) is 0.797. The normalized spacial score (nSPS) is 20.1. The monoisotopic (exact) mass is 293 g/mol. The van der Waals surface area contributed by atoms with Crippen LogP contribution in [-0.4, -0.2) is 42.4 Å². The maximum atomic E-state index is 12.2. The van der Waals surface area contributed by atoms with Gasteiger partial charge in [0.15, 0.2) is 6.10 Å². The molecule has 6 heteroatoms. The summed E-state index contributed by atoms with van der Waals surface area (Å²) in [5, 5.41) is 0. The molecule has 1 aliphatic heterocycles. The van der Waals surface area contributed by atoms with E-state index in [0.29, 0.717) is 0 Å². The summed E-state index contributed by atoms with van der Waals surface area (Å²) in [4.78, 5) is 25.1. The van der Waals surface area contributed by atoms with Gasteiger partial charge in [-0.3, -0.25) is 4.90 Å². The molecule has 0 radical (unpaired) electrons. The zero-order chi connectivity index (χ0) is 15.5. The summed E-state index contributed by atoms with van der Waals surface area (Å²) < 4.78 is 15.4. The summed E-state index contributed by atoms with van der Waals surface area (Å²) in [5.41, 5.74) is -0.0135. The van der Waals surface area contributed by atoms with Crippen LogP contribution in [0, 0.1) is 0 Å². The topological polar surface area (TPSA) is 65.1 Å². The molecule has 21 heavy (non-hydrogen) atoms. The highest BCUT2D eigenvalue weighted by atomic mass is 16.6. The van der Waals surface area contributed by atoms with Gasteiger partial charge in [0.25, 0.3) is 0 Å². The molecule has 1 aliphatic rings. The molecule has 1 amide bonds. The highest BCUT2D eigenvalue weighted by Gasteiger charge is 2.46. The van der Waals surface area contributed by atoms with Crippen LogP contribution in [0.25, 0.3) is 0 Å². The van der Waals surface area contributed by atoms with Crippen LogP contribution >= 0.6 is 0 Å². The fraction of sp³-hybridized carbons (Fsp3) is 0.467. The number of carbonyl (C=O) groups is 2. The van der Waals surface area contributed by atoms with Gasteiger partial charge in [0, 0.05) is 0 Å². The van der Waals surface area contributed by atoms with Gasteiger partial charge in [0.05, 0.1) is 13.7 Å². The SMILES string of the molecule is COC(=O)[C@H]1CN(C(=O)OCc2ccccc2)C(C)(C)O1. The Balaban J connectivity index is 1.97. The zero-order valence-electron chi connectivity index (χ0n) is 12.4. The second kappa shape index (κ2) is 6.13. The number of methoxy groups -OCH3 is 1. The molecule has 1 saturated heterocycles. The third-order valence-electron chi connectivity index (χ3n) is 3.32. The van der Waals surface area contributed by atoms with E-state index in [4.69, 9.17) is 9.47 Å². The Morgan fingerprint density at radius 2 is 2.00 bits per heavy atom. The highest BCUT2D eigenvalue weighted by molar-refractivity contribution is 5.77. The minimum absolute atomic E-state index is 0.118. The molecule has 1 atom stereocenters. The van der Waals surface area contributed by atoms with Crippen molar-refractivity contribution in [2.75, 3.05) is 13.7 Å². The lowest BCUT2D eigenvalue weighted by Gasteiger charge is -2.28.